The number of fused-ring (bicyclic) bond motifs is 1. The summed E-state index contributed by atoms with van der Waals surface area (Å²) in [4.78, 5) is 30.8. The van der Waals surface area contributed by atoms with Crippen LogP contribution in [-0.4, -0.2) is 82.6 Å². The monoisotopic (exact) mass is 376 g/mol. The average molecular weight is 377 g/mol. The Bertz CT molecular complexity index is 684. The van der Waals surface area contributed by atoms with Gasteiger partial charge in [0, 0.05) is 31.6 Å². The van der Waals surface area contributed by atoms with Crippen LogP contribution in [0.1, 0.15) is 31.7 Å². The van der Waals surface area contributed by atoms with Gasteiger partial charge in [-0.15, -0.1) is 0 Å². The third-order valence-electron chi connectivity index (χ3n) is 5.47. The summed E-state index contributed by atoms with van der Waals surface area (Å²) >= 11 is 0. The van der Waals surface area contributed by atoms with E-state index in [0.29, 0.717) is 38.8 Å². The molecule has 1 saturated heterocycles. The van der Waals surface area contributed by atoms with Crippen LogP contribution in [0.25, 0.3) is 0 Å². The number of hydrogen-bond donors (Lipinski definition) is 1. The largest absolute Gasteiger partial charge is 0.349 e. The van der Waals surface area contributed by atoms with Crippen LogP contribution in [0.15, 0.2) is 6.07 Å². The lowest BCUT2D eigenvalue weighted by Gasteiger charge is -2.29. The minimum atomic E-state index is 0.0101. The molecule has 0 radical (unpaired) electrons. The second-order valence-corrected chi connectivity index (χ2v) is 8.18. The van der Waals surface area contributed by atoms with Gasteiger partial charge < -0.3 is 15.1 Å². The predicted octanol–water partition coefficient (Wildman–Crippen LogP) is 0.133. The van der Waals surface area contributed by atoms with Crippen molar-refractivity contribution in [3.8, 4) is 0 Å². The normalized spacial score (nSPS) is 20.4. The molecule has 1 aromatic heterocycles. The molecule has 0 saturated carbocycles. The Morgan fingerprint density at radius 2 is 2.07 bits per heavy atom. The molecule has 27 heavy (non-hydrogen) atoms. The fraction of sp³-hybridized carbons (Fsp3) is 0.737. The van der Waals surface area contributed by atoms with Crippen LogP contribution in [0.2, 0.25) is 0 Å². The Morgan fingerprint density at radius 1 is 1.30 bits per heavy atom. The van der Waals surface area contributed by atoms with Crippen LogP contribution in [-0.2, 0) is 29.2 Å². The summed E-state index contributed by atoms with van der Waals surface area (Å²) in [6.07, 6.45) is 1.11. The van der Waals surface area contributed by atoms with Crippen LogP contribution in [0.3, 0.4) is 0 Å². The number of hydrogen-bond acceptors (Lipinski definition) is 5. The number of likely N-dealkylation sites (N-methyl/N-ethyl adjacent to an activating group) is 1. The van der Waals surface area contributed by atoms with Crippen LogP contribution in [0.4, 0.5) is 0 Å². The second-order valence-electron chi connectivity index (χ2n) is 8.18. The van der Waals surface area contributed by atoms with E-state index in [9.17, 15) is 9.59 Å². The van der Waals surface area contributed by atoms with E-state index in [4.69, 9.17) is 0 Å². The lowest BCUT2D eigenvalue weighted by atomic mass is 10.1. The van der Waals surface area contributed by atoms with E-state index in [1.54, 1.807) is 0 Å². The summed E-state index contributed by atoms with van der Waals surface area (Å²) in [6.45, 7) is 8.63. The molecular weight excluding hydrogens is 344 g/mol. The molecule has 150 valence electrons. The van der Waals surface area contributed by atoms with Gasteiger partial charge >= 0.3 is 0 Å². The molecule has 1 N–H and O–H groups in total. The van der Waals surface area contributed by atoms with Crippen molar-refractivity contribution in [1.82, 2.24) is 29.8 Å². The molecule has 0 aromatic carbocycles. The highest BCUT2D eigenvalue weighted by Gasteiger charge is 2.26. The van der Waals surface area contributed by atoms with Crippen molar-refractivity contribution < 1.29 is 9.59 Å². The van der Waals surface area contributed by atoms with Gasteiger partial charge in [0.2, 0.25) is 11.8 Å². The van der Waals surface area contributed by atoms with Gasteiger partial charge in [-0.3, -0.25) is 19.2 Å². The first-order chi connectivity index (χ1) is 12.8. The molecule has 3 rings (SSSR count). The van der Waals surface area contributed by atoms with E-state index < -0.39 is 0 Å². The lowest BCUT2D eigenvalue weighted by molar-refractivity contribution is -0.136. The predicted molar refractivity (Wildman–Crippen MR) is 103 cm³/mol. The molecule has 1 fully saturated rings. The molecule has 8 heteroatoms. The van der Waals surface area contributed by atoms with E-state index >= 15 is 0 Å². The molecular formula is C19H32N6O2. The molecule has 0 bridgehead atoms. The number of carbonyl (C=O) groups excluding carboxylic acids is 2. The maximum atomic E-state index is 12.3. The summed E-state index contributed by atoms with van der Waals surface area (Å²) in [5.74, 6) is 0.229. The van der Waals surface area contributed by atoms with Crippen LogP contribution >= 0.6 is 0 Å². The third kappa shape index (κ3) is 4.87. The summed E-state index contributed by atoms with van der Waals surface area (Å²) in [5, 5.41) is 7.55. The summed E-state index contributed by atoms with van der Waals surface area (Å²) in [5.41, 5.74) is 1.89. The number of aromatic nitrogens is 2. The van der Waals surface area contributed by atoms with E-state index in [-0.39, 0.29) is 17.7 Å². The number of likely N-dealkylation sites (tertiary alicyclic amines) is 1. The summed E-state index contributed by atoms with van der Waals surface area (Å²) in [7, 11) is 4.18. The van der Waals surface area contributed by atoms with Gasteiger partial charge in [-0.1, -0.05) is 13.8 Å². The van der Waals surface area contributed by atoms with Gasteiger partial charge in [-0.25, -0.2) is 0 Å². The van der Waals surface area contributed by atoms with Gasteiger partial charge in [0.1, 0.15) is 0 Å². The fourth-order valence-corrected chi connectivity index (χ4v) is 3.79. The standard InChI is InChI=1S/C19H32N6O2/c1-14(2)19(27)24-7-8-25-17(12-24)9-15(21-25)10-20-18(26)13-23-6-5-16(11-23)22(3)4/h9,14,16H,5-8,10-13H2,1-4H3,(H,20,26)/t16-/m0/s1. The van der Waals surface area contributed by atoms with Gasteiger partial charge in [-0.2, -0.15) is 5.10 Å². The first-order valence-corrected chi connectivity index (χ1v) is 9.83. The first kappa shape index (κ1) is 19.8. The topological polar surface area (TPSA) is 73.7 Å². The molecule has 2 amide bonds. The molecule has 3 heterocycles. The summed E-state index contributed by atoms with van der Waals surface area (Å²) < 4.78 is 1.95. The van der Waals surface area contributed by atoms with E-state index in [2.05, 4.69) is 34.3 Å². The quantitative estimate of drug-likeness (QED) is 0.764. The highest BCUT2D eigenvalue weighted by molar-refractivity contribution is 5.78. The van der Waals surface area contributed by atoms with Crippen LogP contribution < -0.4 is 5.32 Å². The highest BCUT2D eigenvalue weighted by Crippen LogP contribution is 2.16. The average Bonchev–Trinajstić information content (AvgIpc) is 3.25. The van der Waals surface area contributed by atoms with Crippen LogP contribution in [0, 0.1) is 5.92 Å². The zero-order chi connectivity index (χ0) is 19.6. The van der Waals surface area contributed by atoms with Crippen LogP contribution in [0.5, 0.6) is 0 Å². The second kappa shape index (κ2) is 8.39. The van der Waals surface area contributed by atoms with E-state index in [1.807, 2.05) is 29.5 Å². The Morgan fingerprint density at radius 3 is 2.74 bits per heavy atom. The van der Waals surface area contributed by atoms with Gasteiger partial charge in [0.05, 0.1) is 37.6 Å². The van der Waals surface area contributed by atoms with Crippen molar-refractivity contribution in [2.45, 2.75) is 45.9 Å². The zero-order valence-electron chi connectivity index (χ0n) is 16.9. The van der Waals surface area contributed by atoms with Crippen molar-refractivity contribution in [1.29, 1.82) is 0 Å². The first-order valence-electron chi connectivity index (χ1n) is 9.83. The Kier molecular flexibility index (Phi) is 6.16. The molecule has 1 atom stereocenters. The Hall–Kier alpha value is -1.93. The molecule has 2 aliphatic rings. The number of carbonyl (C=O) groups is 2. The van der Waals surface area contributed by atoms with Crippen molar-refractivity contribution in [3.05, 3.63) is 17.5 Å². The Balaban J connectivity index is 1.47. The van der Waals surface area contributed by atoms with Crippen molar-refractivity contribution in [3.63, 3.8) is 0 Å². The lowest BCUT2D eigenvalue weighted by Crippen LogP contribution is -2.40. The summed E-state index contributed by atoms with van der Waals surface area (Å²) in [6, 6.07) is 2.53. The molecule has 8 nitrogen and oxygen atoms in total. The molecule has 0 unspecified atom stereocenters. The minimum Gasteiger partial charge on any atom is -0.349 e. The highest BCUT2D eigenvalue weighted by atomic mass is 16.2. The van der Waals surface area contributed by atoms with Crippen molar-refractivity contribution in [2.24, 2.45) is 5.92 Å². The maximum absolute atomic E-state index is 12.3. The maximum Gasteiger partial charge on any atom is 0.234 e. The molecule has 2 aliphatic heterocycles. The van der Waals surface area contributed by atoms with E-state index in [0.717, 1.165) is 30.9 Å². The third-order valence-corrected chi connectivity index (χ3v) is 5.47. The number of rotatable bonds is 6. The fourth-order valence-electron chi connectivity index (χ4n) is 3.79. The molecule has 1 aromatic rings. The number of nitrogens with one attached hydrogen (secondary N) is 1. The SMILES string of the molecule is CC(C)C(=O)N1CCn2nc(CNC(=O)CN3CC[C@H](N(C)C)C3)cc2C1. The van der Waals surface area contributed by atoms with E-state index in [1.165, 1.54) is 0 Å². The van der Waals surface area contributed by atoms with Crippen molar-refractivity contribution in [2.75, 3.05) is 40.3 Å². The zero-order valence-corrected chi connectivity index (χ0v) is 16.9. The van der Waals surface area contributed by atoms with Gasteiger partial charge in [-0.05, 0) is 26.6 Å². The van der Waals surface area contributed by atoms with Gasteiger partial charge in [0.15, 0.2) is 0 Å². The number of amides is 2. The minimum absolute atomic E-state index is 0.0101. The number of nitrogens with zero attached hydrogens (tertiary/aromatic N) is 5. The smallest absolute Gasteiger partial charge is 0.234 e. The molecule has 0 spiro atoms. The van der Waals surface area contributed by atoms with Gasteiger partial charge in [0.25, 0.3) is 0 Å². The Labute approximate surface area is 161 Å². The van der Waals surface area contributed by atoms with Crippen molar-refractivity contribution >= 4 is 11.8 Å². The molecule has 0 aliphatic carbocycles.